The maximum Gasteiger partial charge on any atom is 0.237 e. The Morgan fingerprint density at radius 3 is 2.69 bits per heavy atom. The number of fused-ring (bicyclic) bond motifs is 2. The lowest BCUT2D eigenvalue weighted by Gasteiger charge is -2.44. The third kappa shape index (κ3) is 4.54. The lowest BCUT2D eigenvalue weighted by molar-refractivity contribution is -0.118. The highest BCUT2D eigenvalue weighted by atomic mass is 79.9. The van der Waals surface area contributed by atoms with E-state index in [1.165, 1.54) is 11.1 Å². The van der Waals surface area contributed by atoms with Gasteiger partial charge in [0.05, 0.1) is 12.2 Å². The number of hydrogen-bond donors (Lipinski definition) is 2. The summed E-state index contributed by atoms with van der Waals surface area (Å²) in [6, 6.07) is 8.51. The summed E-state index contributed by atoms with van der Waals surface area (Å²) in [6.45, 7) is 7.47. The number of anilines is 1. The number of primary amides is 1. The number of carbonyl (C=O) groups excluding carboxylic acids is 1. The summed E-state index contributed by atoms with van der Waals surface area (Å²) in [4.78, 5) is 27.6. The SMILES string of the molecule is CC(C)(C)[S+]([O-])N[C@@H]1c2ccccc2CC12CCN(c1nc3nc(Br)cnc3n1CC(N)=O)CC2. The van der Waals surface area contributed by atoms with Crippen molar-refractivity contribution in [3.05, 3.63) is 46.2 Å². The third-order valence-corrected chi connectivity index (χ3v) is 9.01. The van der Waals surface area contributed by atoms with Crippen LogP contribution in [-0.2, 0) is 29.1 Å². The van der Waals surface area contributed by atoms with E-state index in [1.807, 2.05) is 20.8 Å². The maximum atomic E-state index is 13.1. The second kappa shape index (κ2) is 9.02. The third-order valence-electron chi connectivity index (χ3n) is 7.07. The molecule has 3 heterocycles. The Kier molecular flexibility index (Phi) is 6.31. The fourth-order valence-corrected chi connectivity index (χ4v) is 6.50. The van der Waals surface area contributed by atoms with E-state index < -0.39 is 17.3 Å². The molecule has 35 heavy (non-hydrogen) atoms. The number of halogens is 1. The molecule has 0 radical (unpaired) electrons. The number of hydrogen-bond acceptors (Lipinski definition) is 7. The van der Waals surface area contributed by atoms with Crippen molar-refractivity contribution in [2.45, 2.75) is 57.4 Å². The van der Waals surface area contributed by atoms with Gasteiger partial charge in [-0.1, -0.05) is 24.3 Å². The highest BCUT2D eigenvalue weighted by Crippen LogP contribution is 2.52. The van der Waals surface area contributed by atoms with Crippen LogP contribution in [0.3, 0.4) is 0 Å². The minimum Gasteiger partial charge on any atom is -0.598 e. The monoisotopic (exact) mass is 559 g/mol. The van der Waals surface area contributed by atoms with E-state index in [1.54, 1.807) is 10.8 Å². The number of rotatable bonds is 5. The van der Waals surface area contributed by atoms with Gasteiger partial charge < -0.3 is 15.2 Å². The fourth-order valence-electron chi connectivity index (χ4n) is 5.29. The number of nitrogens with two attached hydrogens (primary N) is 1. The van der Waals surface area contributed by atoms with Gasteiger partial charge in [0.2, 0.25) is 11.9 Å². The van der Waals surface area contributed by atoms with Gasteiger partial charge >= 0.3 is 0 Å². The Morgan fingerprint density at radius 1 is 1.29 bits per heavy atom. The quantitative estimate of drug-likeness (QED) is 0.460. The van der Waals surface area contributed by atoms with Crippen LogP contribution >= 0.6 is 15.9 Å². The molecule has 3 aromatic rings. The van der Waals surface area contributed by atoms with Gasteiger partial charge in [0, 0.05) is 29.9 Å². The summed E-state index contributed by atoms with van der Waals surface area (Å²) in [7, 11) is 0. The number of piperidine rings is 1. The number of imidazole rings is 1. The normalized spacial score (nSPS) is 20.4. The smallest absolute Gasteiger partial charge is 0.237 e. The van der Waals surface area contributed by atoms with Crippen LogP contribution in [0.1, 0.15) is 50.8 Å². The number of nitrogens with one attached hydrogen (secondary N) is 1. The van der Waals surface area contributed by atoms with Crippen molar-refractivity contribution in [3.8, 4) is 0 Å². The predicted octanol–water partition coefficient (Wildman–Crippen LogP) is 3.01. The maximum absolute atomic E-state index is 13.1. The summed E-state index contributed by atoms with van der Waals surface area (Å²) < 4.78 is 18.6. The van der Waals surface area contributed by atoms with Gasteiger partial charge in [0.1, 0.15) is 15.9 Å². The topological polar surface area (TPSA) is 125 Å². The lowest BCUT2D eigenvalue weighted by Crippen LogP contribution is -2.50. The zero-order valence-electron chi connectivity index (χ0n) is 20.1. The largest absolute Gasteiger partial charge is 0.598 e. The lowest BCUT2D eigenvalue weighted by atomic mass is 9.73. The average molecular weight is 561 g/mol. The van der Waals surface area contributed by atoms with Gasteiger partial charge in [0.25, 0.3) is 0 Å². The molecule has 186 valence electrons. The molecule has 1 aliphatic heterocycles. The Labute approximate surface area is 216 Å². The summed E-state index contributed by atoms with van der Waals surface area (Å²) in [5, 5.41) is 0. The van der Waals surface area contributed by atoms with Gasteiger partial charge in [-0.15, -0.1) is 4.72 Å². The van der Waals surface area contributed by atoms with E-state index in [0.717, 1.165) is 32.4 Å². The summed E-state index contributed by atoms with van der Waals surface area (Å²) >= 11 is 2.17. The summed E-state index contributed by atoms with van der Waals surface area (Å²) in [5.74, 6) is 0.203. The number of aromatic nitrogens is 4. The van der Waals surface area contributed by atoms with Crippen LogP contribution < -0.4 is 15.4 Å². The molecule has 2 aromatic heterocycles. The van der Waals surface area contributed by atoms with Crippen molar-refractivity contribution in [3.63, 3.8) is 0 Å². The molecule has 1 spiro atoms. The Balaban J connectivity index is 1.44. The average Bonchev–Trinajstić information content (AvgIpc) is 3.28. The molecule has 2 aliphatic rings. The first-order valence-corrected chi connectivity index (χ1v) is 13.7. The molecule has 1 fully saturated rings. The zero-order chi connectivity index (χ0) is 25.0. The van der Waals surface area contributed by atoms with E-state index in [4.69, 9.17) is 10.7 Å². The molecule has 9 nitrogen and oxygen atoms in total. The van der Waals surface area contributed by atoms with E-state index in [9.17, 15) is 9.35 Å². The van der Waals surface area contributed by atoms with Gasteiger partial charge in [-0.25, -0.2) is 9.97 Å². The molecular formula is C24H30BrN7O2S. The molecule has 1 amide bonds. The molecule has 1 aromatic carbocycles. The predicted molar refractivity (Wildman–Crippen MR) is 140 cm³/mol. The molecule has 3 N–H and O–H groups in total. The van der Waals surface area contributed by atoms with Gasteiger partial charge in [0.15, 0.2) is 11.3 Å². The molecule has 1 unspecified atom stereocenters. The first-order chi connectivity index (χ1) is 16.6. The Bertz CT molecular complexity index is 1270. The molecule has 1 aliphatic carbocycles. The van der Waals surface area contributed by atoms with E-state index in [-0.39, 0.29) is 22.7 Å². The van der Waals surface area contributed by atoms with E-state index >= 15 is 0 Å². The molecule has 1 saturated heterocycles. The zero-order valence-corrected chi connectivity index (χ0v) is 22.5. The van der Waals surface area contributed by atoms with Crippen molar-refractivity contribution < 1.29 is 9.35 Å². The number of benzene rings is 1. The Hall–Kier alpha value is -2.21. The first-order valence-electron chi connectivity index (χ1n) is 11.8. The van der Waals surface area contributed by atoms with E-state index in [2.05, 4.69) is 59.8 Å². The Morgan fingerprint density at radius 2 is 2.00 bits per heavy atom. The molecule has 5 rings (SSSR count). The second-order valence-electron chi connectivity index (χ2n) is 10.5. The van der Waals surface area contributed by atoms with Crippen LogP contribution in [-0.4, -0.2) is 47.8 Å². The van der Waals surface area contributed by atoms with Crippen molar-refractivity contribution in [1.29, 1.82) is 0 Å². The highest BCUT2D eigenvalue weighted by molar-refractivity contribution is 9.10. The van der Waals surface area contributed by atoms with Crippen LogP contribution in [0.25, 0.3) is 11.3 Å². The van der Waals surface area contributed by atoms with Crippen LogP contribution in [0.4, 0.5) is 5.95 Å². The van der Waals surface area contributed by atoms with Crippen LogP contribution in [0, 0.1) is 5.41 Å². The standard InChI is InChI=1S/C24H30BrN7O2S/c1-23(2,3)35(34)30-19-16-7-5-4-6-15(16)12-24(19)8-10-31(11-9-24)22-29-20-21(27-13-17(25)28-20)32(22)14-18(26)33/h4-7,13,19,30H,8-12,14H2,1-3H3,(H2,26,33)/t19-,35?/m1/s1. The van der Waals surface area contributed by atoms with Crippen LogP contribution in [0.5, 0.6) is 0 Å². The van der Waals surface area contributed by atoms with Gasteiger partial charge in [-0.05, 0) is 67.1 Å². The second-order valence-corrected chi connectivity index (χ2v) is 13.3. The van der Waals surface area contributed by atoms with Crippen molar-refractivity contribution in [2.24, 2.45) is 11.1 Å². The number of nitrogens with zero attached hydrogens (tertiary/aromatic N) is 5. The summed E-state index contributed by atoms with van der Waals surface area (Å²) in [6.07, 6.45) is 4.33. The van der Waals surface area contributed by atoms with Crippen LogP contribution in [0.15, 0.2) is 35.1 Å². The van der Waals surface area contributed by atoms with Crippen molar-refractivity contribution in [2.75, 3.05) is 18.0 Å². The number of carbonyl (C=O) groups is 1. The molecule has 0 saturated carbocycles. The van der Waals surface area contributed by atoms with Gasteiger partial charge in [-0.2, -0.15) is 4.98 Å². The minimum atomic E-state index is -1.18. The highest BCUT2D eigenvalue weighted by Gasteiger charge is 2.50. The molecular weight excluding hydrogens is 530 g/mol. The minimum absolute atomic E-state index is 0.00995. The van der Waals surface area contributed by atoms with E-state index in [0.29, 0.717) is 21.8 Å². The fraction of sp³-hybridized carbons (Fsp3) is 0.500. The van der Waals surface area contributed by atoms with Gasteiger partial charge in [-0.3, -0.25) is 9.36 Å². The number of amides is 1. The summed E-state index contributed by atoms with van der Waals surface area (Å²) in [5.41, 5.74) is 9.09. The molecule has 11 heteroatoms. The van der Waals surface area contributed by atoms with Crippen molar-refractivity contribution in [1.82, 2.24) is 24.2 Å². The first kappa shape index (κ1) is 24.5. The van der Waals surface area contributed by atoms with Crippen LogP contribution in [0.2, 0.25) is 0 Å². The molecule has 2 atom stereocenters. The molecule has 0 bridgehead atoms. The van der Waals surface area contributed by atoms with Crippen molar-refractivity contribution >= 4 is 50.4 Å².